The molecule has 0 N–H and O–H groups in total. The minimum Gasteiger partial charge on any atom is -0.456 e. The Morgan fingerprint density at radius 3 is 1.71 bits per heavy atom. The summed E-state index contributed by atoms with van der Waals surface area (Å²) in [7, 11) is 0. The Balaban J connectivity index is 1.52. The number of furan rings is 1. The van der Waals surface area contributed by atoms with Crippen molar-refractivity contribution in [1.82, 2.24) is 0 Å². The Kier molecular flexibility index (Phi) is 6.55. The van der Waals surface area contributed by atoms with Crippen LogP contribution in [0, 0.1) is 6.92 Å². The van der Waals surface area contributed by atoms with Crippen molar-refractivity contribution < 1.29 is 23.5 Å². The smallest absolute Gasteiger partial charge is 0.335 e. The van der Waals surface area contributed by atoms with Gasteiger partial charge in [-0.3, -0.25) is 0 Å². The van der Waals surface area contributed by atoms with Gasteiger partial charge in [-0.15, -0.1) is 0 Å². The van der Waals surface area contributed by atoms with Crippen LogP contribution >= 0.6 is 0 Å². The van der Waals surface area contributed by atoms with Crippen LogP contribution in [0.4, 0.5) is 0 Å². The summed E-state index contributed by atoms with van der Waals surface area (Å²) < 4.78 is 16.3. The summed E-state index contributed by atoms with van der Waals surface area (Å²) in [6.45, 7) is 8.82. The molecule has 1 heterocycles. The minimum atomic E-state index is -0.501. The van der Waals surface area contributed by atoms with Crippen molar-refractivity contribution in [2.45, 2.75) is 6.92 Å². The van der Waals surface area contributed by atoms with Gasteiger partial charge in [-0.25, -0.2) is 9.59 Å². The monoisotopic (exact) mass is 450 g/mol. The fraction of sp³-hybridized carbons (Fsp3) is 0.0345. The molecule has 0 aliphatic rings. The lowest BCUT2D eigenvalue weighted by Crippen LogP contribution is -2.02. The molecule has 4 aromatic rings. The van der Waals surface area contributed by atoms with Crippen molar-refractivity contribution in [2.75, 3.05) is 0 Å². The average molecular weight is 450 g/mol. The Morgan fingerprint density at radius 1 is 0.676 bits per heavy atom. The second kappa shape index (κ2) is 9.88. The fourth-order valence-electron chi connectivity index (χ4n) is 3.48. The Labute approximate surface area is 197 Å². The van der Waals surface area contributed by atoms with Crippen LogP contribution in [-0.2, 0) is 9.59 Å². The van der Waals surface area contributed by atoms with E-state index in [0.29, 0.717) is 17.3 Å². The van der Waals surface area contributed by atoms with Crippen LogP contribution in [0.25, 0.3) is 33.8 Å². The summed E-state index contributed by atoms with van der Waals surface area (Å²) in [4.78, 5) is 22.7. The molecule has 0 fully saturated rings. The molecule has 1 aromatic heterocycles. The van der Waals surface area contributed by atoms with Crippen LogP contribution in [0.1, 0.15) is 5.56 Å². The highest BCUT2D eigenvalue weighted by Gasteiger charge is 2.11. The third-order valence-electron chi connectivity index (χ3n) is 5.19. The number of hydrogen-bond acceptors (Lipinski definition) is 5. The number of hydrogen-bond donors (Lipinski definition) is 0. The van der Waals surface area contributed by atoms with E-state index in [-0.39, 0.29) is 0 Å². The third kappa shape index (κ3) is 5.05. The van der Waals surface area contributed by atoms with Crippen molar-refractivity contribution >= 4 is 11.9 Å². The van der Waals surface area contributed by atoms with Crippen LogP contribution in [0.5, 0.6) is 11.5 Å². The van der Waals surface area contributed by atoms with Crippen molar-refractivity contribution in [1.29, 1.82) is 0 Å². The van der Waals surface area contributed by atoms with E-state index in [0.717, 1.165) is 45.7 Å². The first kappa shape index (κ1) is 22.6. The van der Waals surface area contributed by atoms with Gasteiger partial charge in [0, 0.05) is 23.3 Å². The Bertz CT molecular complexity index is 1360. The zero-order valence-corrected chi connectivity index (χ0v) is 18.6. The predicted octanol–water partition coefficient (Wildman–Crippen LogP) is 6.77. The van der Waals surface area contributed by atoms with Gasteiger partial charge in [0.2, 0.25) is 0 Å². The van der Waals surface area contributed by atoms with Gasteiger partial charge in [0.15, 0.2) is 0 Å². The van der Waals surface area contributed by atoms with E-state index in [4.69, 9.17) is 13.9 Å². The molecule has 5 heteroatoms. The van der Waals surface area contributed by atoms with Crippen LogP contribution in [-0.4, -0.2) is 11.9 Å². The summed E-state index contributed by atoms with van der Waals surface area (Å²) in [5.74, 6) is 1.39. The first-order valence-electron chi connectivity index (χ1n) is 10.6. The van der Waals surface area contributed by atoms with Crippen LogP contribution in [0.2, 0.25) is 0 Å². The van der Waals surface area contributed by atoms with Gasteiger partial charge < -0.3 is 13.9 Å². The van der Waals surface area contributed by atoms with Crippen molar-refractivity contribution in [3.05, 3.63) is 110 Å². The molecule has 5 nitrogen and oxygen atoms in total. The van der Waals surface area contributed by atoms with E-state index in [1.807, 2.05) is 55.5 Å². The molecule has 168 valence electrons. The maximum absolute atomic E-state index is 11.3. The summed E-state index contributed by atoms with van der Waals surface area (Å²) in [5.41, 5.74) is 4.97. The quantitative estimate of drug-likeness (QED) is 0.177. The minimum absolute atomic E-state index is 0.443. The van der Waals surface area contributed by atoms with E-state index >= 15 is 0 Å². The maximum Gasteiger partial charge on any atom is 0.335 e. The molecule has 0 amide bonds. The second-order valence-electron chi connectivity index (χ2n) is 7.49. The number of rotatable bonds is 7. The van der Waals surface area contributed by atoms with E-state index in [1.54, 1.807) is 24.3 Å². The second-order valence-corrected chi connectivity index (χ2v) is 7.49. The predicted molar refractivity (Wildman–Crippen MR) is 131 cm³/mol. The van der Waals surface area contributed by atoms with Gasteiger partial charge >= 0.3 is 11.9 Å². The molecular formula is C29H22O5. The molecule has 3 aromatic carbocycles. The summed E-state index contributed by atoms with van der Waals surface area (Å²) in [6.07, 6.45) is 2.25. The van der Waals surface area contributed by atoms with Crippen LogP contribution < -0.4 is 9.47 Å². The molecule has 0 bridgehead atoms. The molecule has 4 rings (SSSR count). The van der Waals surface area contributed by atoms with Gasteiger partial charge in [0.05, 0.1) is 0 Å². The molecule has 0 radical (unpaired) electrons. The molecule has 0 spiro atoms. The molecule has 0 aliphatic carbocycles. The number of carbonyl (C=O) groups is 2. The highest BCUT2D eigenvalue weighted by atomic mass is 16.5. The Morgan fingerprint density at radius 2 is 1.18 bits per heavy atom. The first-order chi connectivity index (χ1) is 16.5. The SMILES string of the molecule is C=CC(=O)Oc1ccc(-c2ccc(-c3ccc(-c4ccc(OC(=O)C=C)cc4)o3)c(C)c2)cc1. The average Bonchev–Trinajstić information content (AvgIpc) is 3.34. The largest absolute Gasteiger partial charge is 0.456 e. The first-order valence-corrected chi connectivity index (χ1v) is 10.6. The molecule has 0 saturated carbocycles. The van der Waals surface area contributed by atoms with Gasteiger partial charge in [-0.05, 0) is 72.1 Å². The van der Waals surface area contributed by atoms with Crippen molar-refractivity contribution in [3.63, 3.8) is 0 Å². The summed E-state index contributed by atoms with van der Waals surface area (Å²) in [5, 5.41) is 0. The van der Waals surface area contributed by atoms with E-state index < -0.39 is 11.9 Å². The summed E-state index contributed by atoms with van der Waals surface area (Å²) in [6, 6.07) is 24.4. The topological polar surface area (TPSA) is 65.7 Å². The van der Waals surface area contributed by atoms with Gasteiger partial charge in [-0.1, -0.05) is 43.5 Å². The number of carbonyl (C=O) groups excluding carboxylic acids is 2. The van der Waals surface area contributed by atoms with Gasteiger partial charge in [0.25, 0.3) is 0 Å². The summed E-state index contributed by atoms with van der Waals surface area (Å²) >= 11 is 0. The van der Waals surface area contributed by atoms with Crippen LogP contribution in [0.15, 0.2) is 109 Å². The Hall–Kier alpha value is -4.64. The number of aryl methyl sites for hydroxylation is 1. The molecular weight excluding hydrogens is 428 g/mol. The van der Waals surface area contributed by atoms with E-state index in [1.165, 1.54) is 0 Å². The van der Waals surface area contributed by atoms with Gasteiger partial charge in [-0.2, -0.15) is 0 Å². The molecule has 0 atom stereocenters. The third-order valence-corrected chi connectivity index (χ3v) is 5.19. The lowest BCUT2D eigenvalue weighted by atomic mass is 9.99. The molecule has 0 saturated heterocycles. The maximum atomic E-state index is 11.3. The van der Waals surface area contributed by atoms with Crippen molar-refractivity contribution in [2.24, 2.45) is 0 Å². The normalized spacial score (nSPS) is 10.4. The molecule has 0 aliphatic heterocycles. The lowest BCUT2D eigenvalue weighted by Gasteiger charge is -2.08. The molecule has 34 heavy (non-hydrogen) atoms. The molecule has 0 unspecified atom stereocenters. The van der Waals surface area contributed by atoms with E-state index in [9.17, 15) is 9.59 Å². The lowest BCUT2D eigenvalue weighted by molar-refractivity contribution is -0.129. The van der Waals surface area contributed by atoms with E-state index in [2.05, 4.69) is 19.2 Å². The number of benzene rings is 3. The van der Waals surface area contributed by atoms with Crippen LogP contribution in [0.3, 0.4) is 0 Å². The standard InChI is InChI=1S/C29H22O5/c1-4-28(30)32-23-11-6-20(7-12-23)22-10-15-25(19(3)18-22)27-17-16-26(34-27)21-8-13-24(14-9-21)33-29(31)5-2/h4-18H,1-2H2,3H3. The van der Waals surface area contributed by atoms with Gasteiger partial charge in [0.1, 0.15) is 23.0 Å². The number of ether oxygens (including phenoxy) is 2. The number of esters is 2. The fourth-order valence-corrected chi connectivity index (χ4v) is 3.48. The van der Waals surface area contributed by atoms with Crippen molar-refractivity contribution in [3.8, 4) is 45.3 Å². The zero-order valence-electron chi connectivity index (χ0n) is 18.6. The highest BCUT2D eigenvalue weighted by molar-refractivity contribution is 5.84. The zero-order chi connectivity index (χ0) is 24.1. The highest BCUT2D eigenvalue weighted by Crippen LogP contribution is 2.33.